The molecular formula is C14H17NO3. The maximum absolute atomic E-state index is 9.64. The lowest BCUT2D eigenvalue weighted by molar-refractivity contribution is 0.194. The fraction of sp³-hybridized carbons (Fsp3) is 0.357. The lowest BCUT2D eigenvalue weighted by atomic mass is 10.1. The smallest absolute Gasteiger partial charge is 0.148 e. The third kappa shape index (κ3) is 2.11. The maximum atomic E-state index is 9.64. The van der Waals surface area contributed by atoms with Crippen LogP contribution in [0, 0.1) is 6.92 Å². The number of aryl methyl sites for hydroxylation is 1. The lowest BCUT2D eigenvalue weighted by Gasteiger charge is -2.12. The van der Waals surface area contributed by atoms with Crippen LogP contribution in [0.15, 0.2) is 18.2 Å². The largest absolute Gasteiger partial charge is 0.497 e. The van der Waals surface area contributed by atoms with E-state index in [1.807, 2.05) is 19.1 Å². The molecule has 0 aliphatic carbocycles. The predicted molar refractivity (Wildman–Crippen MR) is 70.2 cm³/mol. The summed E-state index contributed by atoms with van der Waals surface area (Å²) in [6, 6.07) is 5.60. The molecule has 0 saturated carbocycles. The molecule has 2 aromatic rings. The van der Waals surface area contributed by atoms with Crippen molar-refractivity contribution in [2.75, 3.05) is 14.2 Å². The SMILES string of the molecule is COc1cc(OC)c2nc(C(C)O)cc(C)c2c1. The number of hydrogen-bond donors (Lipinski definition) is 1. The summed E-state index contributed by atoms with van der Waals surface area (Å²) >= 11 is 0. The summed E-state index contributed by atoms with van der Waals surface area (Å²) in [6.07, 6.45) is -0.597. The van der Waals surface area contributed by atoms with Gasteiger partial charge in [0.15, 0.2) is 0 Å². The van der Waals surface area contributed by atoms with Crippen LogP contribution in [0.5, 0.6) is 11.5 Å². The van der Waals surface area contributed by atoms with Crippen molar-refractivity contribution in [1.82, 2.24) is 4.98 Å². The van der Waals surface area contributed by atoms with Crippen LogP contribution in [0.2, 0.25) is 0 Å². The number of nitrogens with zero attached hydrogens (tertiary/aromatic N) is 1. The molecule has 4 nitrogen and oxygen atoms in total. The zero-order valence-electron chi connectivity index (χ0n) is 11.0. The molecule has 0 radical (unpaired) electrons. The van der Waals surface area contributed by atoms with Crippen LogP contribution < -0.4 is 9.47 Å². The highest BCUT2D eigenvalue weighted by atomic mass is 16.5. The van der Waals surface area contributed by atoms with Crippen molar-refractivity contribution in [2.45, 2.75) is 20.0 Å². The van der Waals surface area contributed by atoms with Crippen molar-refractivity contribution in [3.05, 3.63) is 29.5 Å². The number of aromatic nitrogens is 1. The molecule has 1 atom stereocenters. The molecule has 18 heavy (non-hydrogen) atoms. The first-order valence-electron chi connectivity index (χ1n) is 5.78. The minimum absolute atomic E-state index is 0.597. The fourth-order valence-electron chi connectivity index (χ4n) is 1.95. The van der Waals surface area contributed by atoms with Crippen LogP contribution in [0.1, 0.15) is 24.3 Å². The van der Waals surface area contributed by atoms with E-state index in [1.165, 1.54) is 0 Å². The Morgan fingerprint density at radius 3 is 2.44 bits per heavy atom. The molecular weight excluding hydrogens is 230 g/mol. The highest BCUT2D eigenvalue weighted by molar-refractivity contribution is 5.89. The summed E-state index contributed by atoms with van der Waals surface area (Å²) in [5, 5.41) is 10.6. The molecule has 1 heterocycles. The summed E-state index contributed by atoms with van der Waals surface area (Å²) in [5.74, 6) is 1.38. The molecule has 0 fully saturated rings. The van der Waals surface area contributed by atoms with Gasteiger partial charge in [0.25, 0.3) is 0 Å². The quantitative estimate of drug-likeness (QED) is 0.905. The second kappa shape index (κ2) is 4.82. The highest BCUT2D eigenvalue weighted by Gasteiger charge is 2.12. The van der Waals surface area contributed by atoms with E-state index in [-0.39, 0.29) is 0 Å². The van der Waals surface area contributed by atoms with Gasteiger partial charge in [-0.15, -0.1) is 0 Å². The third-order valence-electron chi connectivity index (χ3n) is 2.96. The first kappa shape index (κ1) is 12.6. The first-order valence-corrected chi connectivity index (χ1v) is 5.78. The van der Waals surface area contributed by atoms with Gasteiger partial charge in [-0.3, -0.25) is 0 Å². The van der Waals surface area contributed by atoms with Crippen molar-refractivity contribution in [1.29, 1.82) is 0 Å². The van der Waals surface area contributed by atoms with Crippen LogP contribution >= 0.6 is 0 Å². The van der Waals surface area contributed by atoms with Crippen molar-refractivity contribution in [2.24, 2.45) is 0 Å². The van der Waals surface area contributed by atoms with E-state index in [2.05, 4.69) is 4.98 Å². The molecule has 96 valence electrons. The van der Waals surface area contributed by atoms with Crippen LogP contribution in [0.25, 0.3) is 10.9 Å². The second-order valence-electron chi connectivity index (χ2n) is 4.27. The topological polar surface area (TPSA) is 51.6 Å². The van der Waals surface area contributed by atoms with Crippen LogP contribution in [-0.2, 0) is 0 Å². The zero-order valence-corrected chi connectivity index (χ0v) is 11.0. The number of pyridine rings is 1. The van der Waals surface area contributed by atoms with Crippen molar-refractivity contribution in [3.8, 4) is 11.5 Å². The summed E-state index contributed by atoms with van der Waals surface area (Å²) < 4.78 is 10.6. The number of methoxy groups -OCH3 is 2. The number of aliphatic hydroxyl groups excluding tert-OH is 1. The molecule has 0 spiro atoms. The number of hydrogen-bond acceptors (Lipinski definition) is 4. The number of fused-ring (bicyclic) bond motifs is 1. The average Bonchev–Trinajstić information content (AvgIpc) is 2.37. The van der Waals surface area contributed by atoms with E-state index in [9.17, 15) is 5.11 Å². The van der Waals surface area contributed by atoms with Crippen LogP contribution in [-0.4, -0.2) is 24.3 Å². The molecule has 4 heteroatoms. The normalized spacial score (nSPS) is 12.5. The van der Waals surface area contributed by atoms with Gasteiger partial charge in [0.1, 0.15) is 17.0 Å². The third-order valence-corrected chi connectivity index (χ3v) is 2.96. The molecule has 1 aromatic carbocycles. The van der Waals surface area contributed by atoms with Crippen LogP contribution in [0.3, 0.4) is 0 Å². The zero-order chi connectivity index (χ0) is 13.3. The summed E-state index contributed by atoms with van der Waals surface area (Å²) in [5.41, 5.74) is 2.42. The van der Waals surface area contributed by atoms with Gasteiger partial charge >= 0.3 is 0 Å². The molecule has 0 aliphatic heterocycles. The molecule has 2 rings (SSSR count). The van der Waals surface area contributed by atoms with Gasteiger partial charge in [0.2, 0.25) is 0 Å². The molecule has 0 aliphatic rings. The van der Waals surface area contributed by atoms with E-state index in [1.54, 1.807) is 27.2 Å². The van der Waals surface area contributed by atoms with E-state index in [4.69, 9.17) is 9.47 Å². The molecule has 1 unspecified atom stereocenters. The van der Waals surface area contributed by atoms with E-state index >= 15 is 0 Å². The number of benzene rings is 1. The Morgan fingerprint density at radius 1 is 1.17 bits per heavy atom. The standard InChI is InChI=1S/C14H17NO3/c1-8-5-12(9(2)16)15-14-11(8)6-10(17-3)7-13(14)18-4/h5-7,9,16H,1-4H3. The van der Waals surface area contributed by atoms with Gasteiger partial charge in [-0.1, -0.05) is 0 Å². The van der Waals surface area contributed by atoms with Gasteiger partial charge in [-0.25, -0.2) is 4.98 Å². The Labute approximate surface area is 106 Å². The van der Waals surface area contributed by atoms with E-state index in [0.717, 1.165) is 22.2 Å². The molecule has 1 aromatic heterocycles. The fourth-order valence-corrected chi connectivity index (χ4v) is 1.95. The predicted octanol–water partition coefficient (Wildman–Crippen LogP) is 2.61. The Hall–Kier alpha value is -1.81. The Kier molecular flexibility index (Phi) is 3.39. The maximum Gasteiger partial charge on any atom is 0.148 e. The van der Waals surface area contributed by atoms with Crippen molar-refractivity contribution in [3.63, 3.8) is 0 Å². The molecule has 0 amide bonds. The summed E-state index contributed by atoms with van der Waals surface area (Å²) in [6.45, 7) is 3.68. The van der Waals surface area contributed by atoms with Gasteiger partial charge in [0.05, 0.1) is 26.0 Å². The van der Waals surface area contributed by atoms with Gasteiger partial charge in [-0.05, 0) is 31.5 Å². The molecule has 1 N–H and O–H groups in total. The number of rotatable bonds is 3. The minimum Gasteiger partial charge on any atom is -0.497 e. The summed E-state index contributed by atoms with van der Waals surface area (Å²) in [4.78, 5) is 4.45. The van der Waals surface area contributed by atoms with Crippen molar-refractivity contribution >= 4 is 10.9 Å². The average molecular weight is 247 g/mol. The van der Waals surface area contributed by atoms with Crippen LogP contribution in [0.4, 0.5) is 0 Å². The lowest BCUT2D eigenvalue weighted by Crippen LogP contribution is -1.99. The first-order chi connectivity index (χ1) is 8.56. The Morgan fingerprint density at radius 2 is 1.89 bits per heavy atom. The van der Waals surface area contributed by atoms with Crippen molar-refractivity contribution < 1.29 is 14.6 Å². The van der Waals surface area contributed by atoms with Gasteiger partial charge < -0.3 is 14.6 Å². The van der Waals surface area contributed by atoms with E-state index < -0.39 is 6.10 Å². The van der Waals surface area contributed by atoms with E-state index in [0.29, 0.717) is 11.4 Å². The Balaban J connectivity index is 2.78. The Bertz CT molecular complexity index is 579. The van der Waals surface area contributed by atoms with Gasteiger partial charge in [0, 0.05) is 11.5 Å². The van der Waals surface area contributed by atoms with Gasteiger partial charge in [-0.2, -0.15) is 0 Å². The highest BCUT2D eigenvalue weighted by Crippen LogP contribution is 2.32. The number of aliphatic hydroxyl groups is 1. The molecule has 0 saturated heterocycles. The minimum atomic E-state index is -0.597. The molecule has 0 bridgehead atoms. The second-order valence-corrected chi connectivity index (χ2v) is 4.27. The number of ether oxygens (including phenoxy) is 2. The monoisotopic (exact) mass is 247 g/mol. The summed E-state index contributed by atoms with van der Waals surface area (Å²) in [7, 11) is 3.22.